The first-order valence-corrected chi connectivity index (χ1v) is 4.82. The fourth-order valence-corrected chi connectivity index (χ4v) is 1.84. The maximum atomic E-state index is 6.50. The Morgan fingerprint density at radius 2 is 1.79 bits per heavy atom. The molecule has 1 aliphatic carbocycles. The van der Waals surface area contributed by atoms with Crippen LogP contribution in [0.1, 0.15) is 24.0 Å². The Hall–Kier alpha value is -1.06. The van der Waals surface area contributed by atoms with E-state index >= 15 is 0 Å². The summed E-state index contributed by atoms with van der Waals surface area (Å²) >= 11 is 0. The largest absolute Gasteiger partial charge is 0.497 e. The molecule has 0 amide bonds. The Labute approximate surface area is 84.5 Å². The summed E-state index contributed by atoms with van der Waals surface area (Å²) in [4.78, 5) is 0. The topological polar surface area (TPSA) is 55.5 Å². The van der Waals surface area contributed by atoms with E-state index in [0.717, 1.165) is 5.75 Å². The maximum absolute atomic E-state index is 6.50. The molecule has 0 aromatic heterocycles. The third-order valence-electron chi connectivity index (χ3n) is 2.56. The van der Waals surface area contributed by atoms with Crippen LogP contribution in [-0.2, 0) is 12.8 Å². The minimum Gasteiger partial charge on any atom is -0.497 e. The van der Waals surface area contributed by atoms with Crippen molar-refractivity contribution in [2.24, 2.45) is 5.90 Å². The number of hydrogen-bond acceptors (Lipinski definition) is 3. The predicted molar refractivity (Wildman–Crippen MR) is 55.6 cm³/mol. The van der Waals surface area contributed by atoms with Gasteiger partial charge in [0.1, 0.15) is 5.75 Å². The third-order valence-corrected chi connectivity index (χ3v) is 2.56. The Morgan fingerprint density at radius 3 is 2.43 bits per heavy atom. The molecule has 1 aromatic rings. The van der Waals surface area contributed by atoms with Crippen LogP contribution < -0.4 is 10.6 Å². The van der Waals surface area contributed by atoms with Gasteiger partial charge in [-0.1, -0.05) is 6.07 Å². The van der Waals surface area contributed by atoms with E-state index < -0.39 is 0 Å². The van der Waals surface area contributed by atoms with Gasteiger partial charge in [-0.2, -0.15) is 0 Å². The molecule has 0 atom stereocenters. The van der Waals surface area contributed by atoms with Crippen molar-refractivity contribution in [3.05, 3.63) is 29.3 Å². The van der Waals surface area contributed by atoms with Gasteiger partial charge >= 0.3 is 0 Å². The first kappa shape index (κ1) is 11.0. The molecule has 1 aliphatic rings. The molecule has 2 rings (SSSR count). The number of ether oxygens (including phenoxy) is 1. The van der Waals surface area contributed by atoms with Crippen LogP contribution in [-0.4, -0.2) is 12.3 Å². The first-order valence-electron chi connectivity index (χ1n) is 4.82. The molecule has 0 spiro atoms. The third kappa shape index (κ3) is 2.47. The molecule has 0 heterocycles. The van der Waals surface area contributed by atoms with Gasteiger partial charge in [-0.25, -0.2) is 5.90 Å². The van der Waals surface area contributed by atoms with Crippen molar-refractivity contribution in [3.8, 4) is 5.75 Å². The van der Waals surface area contributed by atoms with E-state index in [2.05, 4.69) is 24.1 Å². The van der Waals surface area contributed by atoms with E-state index in [1.165, 1.54) is 36.8 Å². The lowest BCUT2D eigenvalue weighted by atomic mass is 9.92. The standard InChI is InChI=1S/C11H14O.H3NO/c1-12-11-7-6-9-4-2-3-5-10(9)8-11;1-2/h6-8H,2-5H2,1H3;2H,1H2. The number of benzene rings is 1. The van der Waals surface area contributed by atoms with Gasteiger partial charge in [0.15, 0.2) is 0 Å². The quantitative estimate of drug-likeness (QED) is 0.673. The Balaban J connectivity index is 0.000000461. The summed E-state index contributed by atoms with van der Waals surface area (Å²) in [6.45, 7) is 0. The normalized spacial score (nSPS) is 13.6. The summed E-state index contributed by atoms with van der Waals surface area (Å²) in [6, 6.07) is 6.44. The summed E-state index contributed by atoms with van der Waals surface area (Å²) in [5.74, 6) is 4.50. The van der Waals surface area contributed by atoms with Crippen molar-refractivity contribution < 1.29 is 9.94 Å². The fraction of sp³-hybridized carbons (Fsp3) is 0.455. The Kier molecular flexibility index (Phi) is 4.43. The van der Waals surface area contributed by atoms with Gasteiger partial charge in [0.25, 0.3) is 0 Å². The van der Waals surface area contributed by atoms with Crippen molar-refractivity contribution >= 4 is 0 Å². The number of rotatable bonds is 1. The van der Waals surface area contributed by atoms with Crippen molar-refractivity contribution in [2.75, 3.05) is 7.11 Å². The van der Waals surface area contributed by atoms with Crippen LogP contribution in [0.15, 0.2) is 18.2 Å². The monoisotopic (exact) mass is 195 g/mol. The van der Waals surface area contributed by atoms with Gasteiger partial charge in [-0.15, -0.1) is 0 Å². The zero-order chi connectivity index (χ0) is 10.4. The number of fused-ring (bicyclic) bond motifs is 1. The molecule has 0 radical (unpaired) electrons. The number of methoxy groups -OCH3 is 1. The molecule has 0 saturated carbocycles. The molecular weight excluding hydrogens is 178 g/mol. The molecule has 0 saturated heterocycles. The highest BCUT2D eigenvalue weighted by atomic mass is 16.5. The van der Waals surface area contributed by atoms with Gasteiger partial charge in [-0.05, 0) is 48.9 Å². The molecular formula is C11H17NO2. The summed E-state index contributed by atoms with van der Waals surface area (Å²) < 4.78 is 5.18. The second kappa shape index (κ2) is 5.62. The highest BCUT2D eigenvalue weighted by Crippen LogP contribution is 2.24. The van der Waals surface area contributed by atoms with Crippen molar-refractivity contribution in [1.29, 1.82) is 0 Å². The van der Waals surface area contributed by atoms with Crippen LogP contribution in [0.2, 0.25) is 0 Å². The maximum Gasteiger partial charge on any atom is 0.119 e. The zero-order valence-corrected chi connectivity index (χ0v) is 8.49. The first-order chi connectivity index (χ1) is 6.90. The average molecular weight is 195 g/mol. The van der Waals surface area contributed by atoms with E-state index in [1.807, 2.05) is 0 Å². The lowest BCUT2D eigenvalue weighted by molar-refractivity contribution is 0.311. The van der Waals surface area contributed by atoms with Gasteiger partial charge in [0, 0.05) is 0 Å². The van der Waals surface area contributed by atoms with Gasteiger partial charge in [-0.3, -0.25) is 0 Å². The minimum atomic E-state index is 0.996. The lowest BCUT2D eigenvalue weighted by Gasteiger charge is -2.15. The SMILES string of the molecule is COc1ccc2c(c1)CCCC2.NO. The molecule has 3 N–H and O–H groups in total. The van der Waals surface area contributed by atoms with E-state index in [4.69, 9.17) is 9.94 Å². The van der Waals surface area contributed by atoms with E-state index in [0.29, 0.717) is 0 Å². The molecule has 78 valence electrons. The second-order valence-corrected chi connectivity index (χ2v) is 3.34. The van der Waals surface area contributed by atoms with Crippen LogP contribution in [0.5, 0.6) is 5.75 Å². The van der Waals surface area contributed by atoms with Crippen LogP contribution in [0.25, 0.3) is 0 Å². The Bertz CT molecular complexity index is 287. The molecule has 0 bridgehead atoms. The number of nitrogens with two attached hydrogens (primary N) is 1. The summed E-state index contributed by atoms with van der Waals surface area (Å²) in [5, 5.41) is 6.50. The van der Waals surface area contributed by atoms with Crippen molar-refractivity contribution in [1.82, 2.24) is 0 Å². The van der Waals surface area contributed by atoms with Crippen molar-refractivity contribution in [3.63, 3.8) is 0 Å². The van der Waals surface area contributed by atoms with E-state index in [1.54, 1.807) is 7.11 Å². The Morgan fingerprint density at radius 1 is 1.14 bits per heavy atom. The number of hydrogen-bond donors (Lipinski definition) is 2. The van der Waals surface area contributed by atoms with Gasteiger partial charge in [0.05, 0.1) is 7.11 Å². The molecule has 0 fully saturated rings. The average Bonchev–Trinajstić information content (AvgIpc) is 2.31. The summed E-state index contributed by atoms with van der Waals surface area (Å²) in [6.07, 6.45) is 5.16. The van der Waals surface area contributed by atoms with Crippen LogP contribution >= 0.6 is 0 Å². The molecule has 14 heavy (non-hydrogen) atoms. The highest BCUT2D eigenvalue weighted by molar-refractivity contribution is 5.36. The number of aryl methyl sites for hydroxylation is 2. The minimum absolute atomic E-state index is 0.996. The van der Waals surface area contributed by atoms with Crippen LogP contribution in [0, 0.1) is 0 Å². The van der Waals surface area contributed by atoms with Gasteiger partial charge < -0.3 is 9.94 Å². The van der Waals surface area contributed by atoms with Gasteiger partial charge in [0.2, 0.25) is 0 Å². The highest BCUT2D eigenvalue weighted by Gasteiger charge is 2.08. The summed E-state index contributed by atoms with van der Waals surface area (Å²) in [7, 11) is 1.73. The van der Waals surface area contributed by atoms with Crippen LogP contribution in [0.3, 0.4) is 0 Å². The molecule has 3 heteroatoms. The van der Waals surface area contributed by atoms with E-state index in [9.17, 15) is 0 Å². The molecule has 0 unspecified atom stereocenters. The predicted octanol–water partition coefficient (Wildman–Crippen LogP) is 1.91. The fourth-order valence-electron chi connectivity index (χ4n) is 1.84. The second-order valence-electron chi connectivity index (χ2n) is 3.34. The van der Waals surface area contributed by atoms with Crippen molar-refractivity contribution in [2.45, 2.75) is 25.7 Å². The van der Waals surface area contributed by atoms with Crippen LogP contribution in [0.4, 0.5) is 0 Å². The lowest BCUT2D eigenvalue weighted by Crippen LogP contribution is -2.02. The molecule has 0 aliphatic heterocycles. The summed E-state index contributed by atoms with van der Waals surface area (Å²) in [5.41, 5.74) is 3.00. The molecule has 3 nitrogen and oxygen atoms in total. The molecule has 1 aromatic carbocycles. The zero-order valence-electron chi connectivity index (χ0n) is 8.49. The smallest absolute Gasteiger partial charge is 0.119 e. The van der Waals surface area contributed by atoms with E-state index in [-0.39, 0.29) is 0 Å².